The number of methoxy groups -OCH3 is 2. The van der Waals surface area contributed by atoms with Crippen LogP contribution in [0.4, 0.5) is 0 Å². The number of unbranched alkanes of at least 4 members (excludes halogenated alkanes) is 2. The summed E-state index contributed by atoms with van der Waals surface area (Å²) in [7, 11) is -1.16. The predicted octanol–water partition coefficient (Wildman–Crippen LogP) is 5.04. The third-order valence-corrected chi connectivity index (χ3v) is 9.66. The molecule has 0 spiro atoms. The van der Waals surface area contributed by atoms with Gasteiger partial charge in [-0.2, -0.15) is 0 Å². The topological polar surface area (TPSA) is 52.6 Å². The maximum atomic E-state index is 13.2. The number of hydrogen-bond donors (Lipinski definition) is 0. The van der Waals surface area contributed by atoms with Crippen LogP contribution in [0.2, 0.25) is 39.3 Å². The van der Waals surface area contributed by atoms with Crippen LogP contribution in [0.15, 0.2) is 0 Å². The van der Waals surface area contributed by atoms with Gasteiger partial charge >= 0.3 is 11.9 Å². The molecule has 0 saturated carbocycles. The molecule has 0 bridgehead atoms. The number of benzene rings is 1. The van der Waals surface area contributed by atoms with Gasteiger partial charge in [0, 0.05) is 0 Å². The zero-order valence-electron chi connectivity index (χ0n) is 20.9. The lowest BCUT2D eigenvalue weighted by Gasteiger charge is -2.34. The van der Waals surface area contributed by atoms with Crippen LogP contribution in [0.1, 0.15) is 71.4 Å². The zero-order valence-corrected chi connectivity index (χ0v) is 22.9. The minimum Gasteiger partial charge on any atom is -0.465 e. The van der Waals surface area contributed by atoms with E-state index in [1.807, 2.05) is 0 Å². The van der Waals surface area contributed by atoms with Gasteiger partial charge in [-0.25, -0.2) is 9.59 Å². The van der Waals surface area contributed by atoms with Gasteiger partial charge in [-0.05, 0) is 47.2 Å². The third kappa shape index (κ3) is 5.84. The maximum Gasteiger partial charge on any atom is 0.338 e. The van der Waals surface area contributed by atoms with E-state index in [0.717, 1.165) is 48.9 Å². The fourth-order valence-corrected chi connectivity index (χ4v) is 8.70. The second-order valence-electron chi connectivity index (χ2n) is 10.1. The summed E-state index contributed by atoms with van der Waals surface area (Å²) in [6, 6.07) is 0. The molecule has 6 heteroatoms. The highest BCUT2D eigenvalue weighted by Crippen LogP contribution is 2.26. The van der Waals surface area contributed by atoms with E-state index in [1.165, 1.54) is 25.3 Å². The van der Waals surface area contributed by atoms with Crippen molar-refractivity contribution in [2.45, 2.75) is 91.7 Å². The van der Waals surface area contributed by atoms with Crippen LogP contribution < -0.4 is 10.4 Å². The Morgan fingerprint density at radius 1 is 0.667 bits per heavy atom. The van der Waals surface area contributed by atoms with Crippen molar-refractivity contribution in [1.82, 2.24) is 0 Å². The number of esters is 2. The number of ether oxygens (including phenoxy) is 2. The van der Waals surface area contributed by atoms with E-state index in [4.69, 9.17) is 9.47 Å². The van der Waals surface area contributed by atoms with Crippen molar-refractivity contribution in [3.8, 4) is 0 Å². The molecule has 1 aromatic carbocycles. The van der Waals surface area contributed by atoms with E-state index in [-0.39, 0.29) is 0 Å². The highest BCUT2D eigenvalue weighted by atomic mass is 28.3. The second-order valence-corrected chi connectivity index (χ2v) is 20.1. The van der Waals surface area contributed by atoms with Gasteiger partial charge in [-0.15, -0.1) is 0 Å². The average molecular weight is 451 g/mol. The van der Waals surface area contributed by atoms with E-state index < -0.39 is 28.1 Å². The van der Waals surface area contributed by atoms with Crippen LogP contribution in [0.3, 0.4) is 0 Å². The predicted molar refractivity (Wildman–Crippen MR) is 132 cm³/mol. The molecule has 1 rings (SSSR count). The summed E-state index contributed by atoms with van der Waals surface area (Å²) in [6.45, 7) is 17.9. The first-order valence-electron chi connectivity index (χ1n) is 11.3. The summed E-state index contributed by atoms with van der Waals surface area (Å²) >= 11 is 0. The average Bonchev–Trinajstić information content (AvgIpc) is 2.66. The molecule has 0 aromatic heterocycles. The molecule has 0 aliphatic rings. The van der Waals surface area contributed by atoms with E-state index in [0.29, 0.717) is 11.1 Å². The van der Waals surface area contributed by atoms with Crippen LogP contribution in [-0.2, 0) is 22.3 Å². The van der Waals surface area contributed by atoms with E-state index in [1.54, 1.807) is 0 Å². The Bertz CT molecular complexity index is 706. The largest absolute Gasteiger partial charge is 0.465 e. The van der Waals surface area contributed by atoms with Crippen molar-refractivity contribution >= 4 is 38.5 Å². The normalized spacial score (nSPS) is 12.1. The Labute approximate surface area is 185 Å². The Morgan fingerprint density at radius 2 is 0.967 bits per heavy atom. The standard InChI is InChI=1S/C24H42O4Si2/c1-11-13-15-17-18(16-14-12-2)22(30(8,9)10)20(24(26)28-4)19(23(25)27-3)21(17)29(5,6)7/h11-16H2,1-10H3. The molecule has 0 amide bonds. The molecule has 0 N–H and O–H groups in total. The first-order chi connectivity index (χ1) is 13.9. The quantitative estimate of drug-likeness (QED) is 0.370. The summed E-state index contributed by atoms with van der Waals surface area (Å²) in [5, 5.41) is 2.19. The molecular formula is C24H42O4Si2. The van der Waals surface area contributed by atoms with Gasteiger partial charge in [-0.3, -0.25) is 0 Å². The van der Waals surface area contributed by atoms with E-state index in [9.17, 15) is 9.59 Å². The lowest BCUT2D eigenvalue weighted by molar-refractivity contribution is 0.0557. The Kier molecular flexibility index (Phi) is 9.55. The molecule has 0 saturated heterocycles. The van der Waals surface area contributed by atoms with Crippen LogP contribution in [0, 0.1) is 0 Å². The third-order valence-electron chi connectivity index (χ3n) is 5.56. The number of carbonyl (C=O) groups excluding carboxylic acids is 2. The van der Waals surface area contributed by atoms with Crippen molar-refractivity contribution in [3.05, 3.63) is 22.3 Å². The monoisotopic (exact) mass is 450 g/mol. The molecule has 4 nitrogen and oxygen atoms in total. The van der Waals surface area contributed by atoms with Crippen LogP contribution in [0.5, 0.6) is 0 Å². The molecule has 0 aliphatic carbocycles. The highest BCUT2D eigenvalue weighted by Gasteiger charge is 2.39. The molecule has 0 radical (unpaired) electrons. The number of hydrogen-bond acceptors (Lipinski definition) is 4. The fourth-order valence-electron chi connectivity index (χ4n) is 4.38. The highest BCUT2D eigenvalue weighted by molar-refractivity contribution is 6.92. The molecular weight excluding hydrogens is 408 g/mol. The van der Waals surface area contributed by atoms with Crippen molar-refractivity contribution in [1.29, 1.82) is 0 Å². The van der Waals surface area contributed by atoms with Gasteiger partial charge in [0.15, 0.2) is 0 Å². The van der Waals surface area contributed by atoms with Gasteiger partial charge in [0.1, 0.15) is 0 Å². The SMILES string of the molecule is CCCCc1c(CCCC)c([Si](C)(C)C)c(C(=O)OC)c(C(=O)OC)c1[Si](C)(C)C. The summed E-state index contributed by atoms with van der Waals surface area (Å²) in [6.07, 6.45) is 6.20. The molecule has 0 atom stereocenters. The molecule has 170 valence electrons. The Balaban J connectivity index is 4.36. The van der Waals surface area contributed by atoms with E-state index in [2.05, 4.69) is 53.1 Å². The minimum absolute atomic E-state index is 0.410. The fraction of sp³-hybridized carbons (Fsp3) is 0.667. The molecule has 0 heterocycles. The molecule has 0 fully saturated rings. The van der Waals surface area contributed by atoms with Gasteiger partial charge in [0.2, 0.25) is 0 Å². The first-order valence-corrected chi connectivity index (χ1v) is 18.3. The zero-order chi connectivity index (χ0) is 23.3. The summed E-state index contributed by atoms with van der Waals surface area (Å²) in [5.74, 6) is -0.820. The smallest absolute Gasteiger partial charge is 0.338 e. The maximum absolute atomic E-state index is 13.2. The summed E-state index contributed by atoms with van der Waals surface area (Å²) < 4.78 is 10.5. The van der Waals surface area contributed by atoms with Gasteiger partial charge in [-0.1, -0.05) is 66.0 Å². The summed E-state index contributed by atoms with van der Waals surface area (Å²) in [5.41, 5.74) is 3.59. The van der Waals surface area contributed by atoms with Gasteiger partial charge in [0.25, 0.3) is 0 Å². The number of carbonyl (C=O) groups is 2. The van der Waals surface area contributed by atoms with E-state index >= 15 is 0 Å². The van der Waals surface area contributed by atoms with Crippen molar-refractivity contribution in [3.63, 3.8) is 0 Å². The minimum atomic E-state index is -1.99. The van der Waals surface area contributed by atoms with Crippen LogP contribution in [-0.4, -0.2) is 42.3 Å². The molecule has 0 unspecified atom stereocenters. The molecule has 30 heavy (non-hydrogen) atoms. The second kappa shape index (κ2) is 10.8. The Morgan fingerprint density at radius 3 is 1.17 bits per heavy atom. The summed E-state index contributed by atoms with van der Waals surface area (Å²) in [4.78, 5) is 26.3. The van der Waals surface area contributed by atoms with Crippen molar-refractivity contribution in [2.24, 2.45) is 0 Å². The van der Waals surface area contributed by atoms with Gasteiger partial charge in [0.05, 0.1) is 41.5 Å². The van der Waals surface area contributed by atoms with Crippen LogP contribution >= 0.6 is 0 Å². The van der Waals surface area contributed by atoms with Crippen molar-refractivity contribution < 1.29 is 19.1 Å². The molecule has 0 aliphatic heterocycles. The van der Waals surface area contributed by atoms with Crippen molar-refractivity contribution in [2.75, 3.05) is 14.2 Å². The number of rotatable bonds is 10. The van der Waals surface area contributed by atoms with Gasteiger partial charge < -0.3 is 9.47 Å². The lowest BCUT2D eigenvalue weighted by Crippen LogP contribution is -2.53. The lowest BCUT2D eigenvalue weighted by atomic mass is 9.91. The Hall–Kier alpha value is -1.41. The van der Waals surface area contributed by atoms with Crippen LogP contribution in [0.25, 0.3) is 0 Å². The molecule has 1 aromatic rings. The first kappa shape index (κ1) is 26.6.